The standard InChI is InChI=1S/C9H15N7/c1-3-10-4-9-11-7-12-16(9)6-8-5-15(2)14-13-8/h5,7,10H,3-4,6H2,1-2H3. The number of nitrogens with zero attached hydrogens (tertiary/aromatic N) is 6. The third-order valence-corrected chi connectivity index (χ3v) is 2.19. The molecule has 0 aliphatic rings. The maximum absolute atomic E-state index is 4.19. The molecular formula is C9H15N7. The number of hydrogen-bond acceptors (Lipinski definition) is 5. The molecule has 2 aromatic heterocycles. The molecule has 2 aromatic rings. The molecule has 0 amide bonds. The highest BCUT2D eigenvalue weighted by Gasteiger charge is 2.06. The summed E-state index contributed by atoms with van der Waals surface area (Å²) in [5.41, 5.74) is 0.880. The van der Waals surface area contributed by atoms with Gasteiger partial charge in [0.05, 0.1) is 13.1 Å². The molecule has 0 aliphatic heterocycles. The fourth-order valence-corrected chi connectivity index (χ4v) is 1.42. The van der Waals surface area contributed by atoms with Crippen LogP contribution in [0.2, 0.25) is 0 Å². The molecule has 0 spiro atoms. The normalized spacial score (nSPS) is 10.9. The van der Waals surface area contributed by atoms with E-state index in [2.05, 4.69) is 32.6 Å². The van der Waals surface area contributed by atoms with Crippen LogP contribution in [0.4, 0.5) is 0 Å². The van der Waals surface area contributed by atoms with Crippen molar-refractivity contribution >= 4 is 0 Å². The molecule has 0 atom stereocenters. The van der Waals surface area contributed by atoms with E-state index in [1.165, 1.54) is 0 Å². The smallest absolute Gasteiger partial charge is 0.141 e. The summed E-state index contributed by atoms with van der Waals surface area (Å²) in [6, 6.07) is 0. The largest absolute Gasteiger partial charge is 0.310 e. The van der Waals surface area contributed by atoms with Crippen LogP contribution in [0.1, 0.15) is 18.4 Å². The molecule has 0 radical (unpaired) electrons. The lowest BCUT2D eigenvalue weighted by atomic mass is 10.4. The molecule has 0 bridgehead atoms. The van der Waals surface area contributed by atoms with Crippen LogP contribution in [0, 0.1) is 0 Å². The highest BCUT2D eigenvalue weighted by molar-refractivity contribution is 4.95. The summed E-state index contributed by atoms with van der Waals surface area (Å²) in [4.78, 5) is 4.19. The SMILES string of the molecule is CCNCc1ncnn1Cc1cn(C)nn1. The van der Waals surface area contributed by atoms with E-state index in [4.69, 9.17) is 0 Å². The van der Waals surface area contributed by atoms with Crippen LogP contribution in [0.5, 0.6) is 0 Å². The lowest BCUT2D eigenvalue weighted by Gasteiger charge is -2.03. The van der Waals surface area contributed by atoms with Gasteiger partial charge in [-0.05, 0) is 6.54 Å². The number of hydrogen-bond donors (Lipinski definition) is 1. The van der Waals surface area contributed by atoms with E-state index in [-0.39, 0.29) is 0 Å². The van der Waals surface area contributed by atoms with Gasteiger partial charge in [0.1, 0.15) is 17.8 Å². The summed E-state index contributed by atoms with van der Waals surface area (Å²) < 4.78 is 3.50. The molecule has 2 rings (SSSR count). The van der Waals surface area contributed by atoms with Crippen LogP contribution in [-0.2, 0) is 20.1 Å². The number of aromatic nitrogens is 6. The molecule has 7 nitrogen and oxygen atoms in total. The average molecular weight is 221 g/mol. The molecule has 86 valence electrons. The fourth-order valence-electron chi connectivity index (χ4n) is 1.42. The summed E-state index contributed by atoms with van der Waals surface area (Å²) >= 11 is 0. The van der Waals surface area contributed by atoms with Gasteiger partial charge in [0.25, 0.3) is 0 Å². The van der Waals surface area contributed by atoms with Crippen LogP contribution >= 0.6 is 0 Å². The minimum atomic E-state index is 0.606. The van der Waals surface area contributed by atoms with Gasteiger partial charge >= 0.3 is 0 Å². The first-order chi connectivity index (χ1) is 7.79. The van der Waals surface area contributed by atoms with E-state index in [1.807, 2.05) is 17.9 Å². The average Bonchev–Trinajstić information content (AvgIpc) is 2.86. The second kappa shape index (κ2) is 4.84. The van der Waals surface area contributed by atoms with E-state index in [0.717, 1.165) is 24.6 Å². The molecule has 2 heterocycles. The van der Waals surface area contributed by atoms with Crippen molar-refractivity contribution in [3.63, 3.8) is 0 Å². The Morgan fingerprint density at radius 2 is 2.31 bits per heavy atom. The lowest BCUT2D eigenvalue weighted by Crippen LogP contribution is -2.17. The molecule has 7 heteroatoms. The summed E-state index contributed by atoms with van der Waals surface area (Å²) in [6.45, 7) is 4.30. The van der Waals surface area contributed by atoms with Crippen molar-refractivity contribution in [2.45, 2.75) is 20.0 Å². The van der Waals surface area contributed by atoms with Crippen molar-refractivity contribution in [1.29, 1.82) is 0 Å². The van der Waals surface area contributed by atoms with Gasteiger partial charge < -0.3 is 5.32 Å². The van der Waals surface area contributed by atoms with Gasteiger partial charge in [0, 0.05) is 13.2 Å². The van der Waals surface area contributed by atoms with Crippen molar-refractivity contribution in [2.24, 2.45) is 7.05 Å². The van der Waals surface area contributed by atoms with Gasteiger partial charge in [0.2, 0.25) is 0 Å². The first kappa shape index (κ1) is 10.7. The predicted molar refractivity (Wildman–Crippen MR) is 57.5 cm³/mol. The van der Waals surface area contributed by atoms with Crippen LogP contribution in [0.15, 0.2) is 12.5 Å². The highest BCUT2D eigenvalue weighted by Crippen LogP contribution is 1.99. The van der Waals surface area contributed by atoms with E-state index >= 15 is 0 Å². The summed E-state index contributed by atoms with van der Waals surface area (Å²) in [7, 11) is 1.84. The van der Waals surface area contributed by atoms with Crippen LogP contribution in [-0.4, -0.2) is 36.3 Å². The van der Waals surface area contributed by atoms with Crippen molar-refractivity contribution in [2.75, 3.05) is 6.54 Å². The van der Waals surface area contributed by atoms with Crippen LogP contribution in [0.3, 0.4) is 0 Å². The topological polar surface area (TPSA) is 73.5 Å². The van der Waals surface area contributed by atoms with Gasteiger partial charge in [-0.25, -0.2) is 9.67 Å². The quantitative estimate of drug-likeness (QED) is 0.741. The summed E-state index contributed by atoms with van der Waals surface area (Å²) in [5, 5.41) is 15.3. The Balaban J connectivity index is 2.06. The maximum Gasteiger partial charge on any atom is 0.141 e. The van der Waals surface area contributed by atoms with Crippen LogP contribution < -0.4 is 5.32 Å². The fraction of sp³-hybridized carbons (Fsp3) is 0.556. The van der Waals surface area contributed by atoms with Gasteiger partial charge in [-0.3, -0.25) is 4.68 Å². The number of rotatable bonds is 5. The molecule has 0 saturated carbocycles. The Labute approximate surface area is 93.5 Å². The molecule has 0 aromatic carbocycles. The van der Waals surface area contributed by atoms with E-state index < -0.39 is 0 Å². The van der Waals surface area contributed by atoms with Crippen LogP contribution in [0.25, 0.3) is 0 Å². The highest BCUT2D eigenvalue weighted by atomic mass is 15.4. The molecule has 16 heavy (non-hydrogen) atoms. The summed E-state index contributed by atoms with van der Waals surface area (Å²) in [5.74, 6) is 0.910. The molecular weight excluding hydrogens is 206 g/mol. The van der Waals surface area contributed by atoms with Gasteiger partial charge in [0.15, 0.2) is 0 Å². The molecule has 0 saturated heterocycles. The van der Waals surface area contributed by atoms with Crippen molar-refractivity contribution in [3.8, 4) is 0 Å². The maximum atomic E-state index is 4.19. The Bertz CT molecular complexity index is 444. The summed E-state index contributed by atoms with van der Waals surface area (Å²) in [6.07, 6.45) is 3.43. The third-order valence-electron chi connectivity index (χ3n) is 2.19. The zero-order valence-electron chi connectivity index (χ0n) is 9.46. The minimum Gasteiger partial charge on any atom is -0.310 e. The Hall–Kier alpha value is -1.76. The van der Waals surface area contributed by atoms with Gasteiger partial charge in [-0.2, -0.15) is 5.10 Å². The van der Waals surface area contributed by atoms with E-state index in [1.54, 1.807) is 11.0 Å². The van der Waals surface area contributed by atoms with E-state index in [9.17, 15) is 0 Å². The second-order valence-electron chi connectivity index (χ2n) is 3.50. The molecule has 0 aliphatic carbocycles. The number of nitrogens with one attached hydrogen (secondary N) is 1. The zero-order valence-corrected chi connectivity index (χ0v) is 9.46. The van der Waals surface area contributed by atoms with Gasteiger partial charge in [-0.15, -0.1) is 5.10 Å². The zero-order chi connectivity index (χ0) is 11.4. The first-order valence-corrected chi connectivity index (χ1v) is 5.22. The molecule has 0 fully saturated rings. The van der Waals surface area contributed by atoms with E-state index in [0.29, 0.717) is 6.54 Å². The second-order valence-corrected chi connectivity index (χ2v) is 3.50. The third kappa shape index (κ3) is 2.43. The molecule has 1 N–H and O–H groups in total. The minimum absolute atomic E-state index is 0.606. The number of aryl methyl sites for hydroxylation is 1. The van der Waals surface area contributed by atoms with Gasteiger partial charge in [-0.1, -0.05) is 12.1 Å². The Morgan fingerprint density at radius 1 is 1.44 bits per heavy atom. The Morgan fingerprint density at radius 3 is 3.00 bits per heavy atom. The Kier molecular flexibility index (Phi) is 3.25. The monoisotopic (exact) mass is 221 g/mol. The first-order valence-electron chi connectivity index (χ1n) is 5.22. The van der Waals surface area contributed by atoms with Crippen molar-refractivity contribution in [3.05, 3.63) is 24.0 Å². The predicted octanol–water partition coefficient (Wildman–Crippen LogP) is -0.436. The lowest BCUT2D eigenvalue weighted by molar-refractivity contribution is 0.588. The van der Waals surface area contributed by atoms with Crippen molar-refractivity contribution < 1.29 is 0 Å². The van der Waals surface area contributed by atoms with Crippen molar-refractivity contribution in [1.82, 2.24) is 35.1 Å². The molecule has 0 unspecified atom stereocenters.